The summed E-state index contributed by atoms with van der Waals surface area (Å²) in [6, 6.07) is 19.1. The molecule has 0 aliphatic heterocycles. The molecule has 11 heteroatoms. The van der Waals surface area contributed by atoms with Crippen molar-refractivity contribution in [2.24, 2.45) is 5.92 Å². The van der Waals surface area contributed by atoms with Gasteiger partial charge in [0, 0.05) is 25.2 Å². The van der Waals surface area contributed by atoms with Gasteiger partial charge in [-0.3, -0.25) is 24.0 Å². The van der Waals surface area contributed by atoms with Crippen LogP contribution in [0.25, 0.3) is 0 Å². The monoisotopic (exact) mass is 566 g/mol. The van der Waals surface area contributed by atoms with Gasteiger partial charge in [-0.1, -0.05) is 61.9 Å². The molecule has 0 heterocycles. The van der Waals surface area contributed by atoms with Crippen LogP contribution in [0.5, 0.6) is 0 Å². The third-order valence-corrected chi connectivity index (χ3v) is 8.03. The van der Waals surface area contributed by atoms with E-state index in [0.717, 1.165) is 15.4 Å². The average Bonchev–Trinajstić information content (AvgIpc) is 2.93. The Hall–Kier alpha value is -4.25. The Bertz CT molecular complexity index is 1440. The van der Waals surface area contributed by atoms with Crippen molar-refractivity contribution in [3.63, 3.8) is 0 Å². The minimum Gasteiger partial charge on any atom is -0.354 e. The molecule has 0 spiro atoms. The standard InChI is InChI=1S/C29H34N4O6S/c1-21(2)18-30-29(35)23(4)31(19-24-10-8-9-22(3)17-24)28(34)20-32(25-13-15-26(16-14-25)33(36)37)40(38,39)27-11-6-5-7-12-27/h5-17,21,23H,18-20H2,1-4H3,(H,30,35)/t23-/m0/s1. The third-order valence-electron chi connectivity index (χ3n) is 6.25. The second-order valence-electron chi connectivity index (χ2n) is 9.92. The first-order valence-corrected chi connectivity index (χ1v) is 14.3. The molecule has 0 radical (unpaired) electrons. The predicted molar refractivity (Wildman–Crippen MR) is 153 cm³/mol. The van der Waals surface area contributed by atoms with Crippen LogP contribution in [0.15, 0.2) is 83.8 Å². The Balaban J connectivity index is 2.02. The SMILES string of the molecule is Cc1cccc(CN(C(=O)CN(c2ccc([N+](=O)[O-])cc2)S(=O)(=O)c2ccccc2)[C@@H](C)C(=O)NCC(C)C)c1. The van der Waals surface area contributed by atoms with E-state index in [1.165, 1.54) is 41.3 Å². The Labute approximate surface area is 234 Å². The largest absolute Gasteiger partial charge is 0.354 e. The summed E-state index contributed by atoms with van der Waals surface area (Å²) in [4.78, 5) is 38.8. The lowest BCUT2D eigenvalue weighted by Gasteiger charge is -2.32. The van der Waals surface area contributed by atoms with Gasteiger partial charge in [-0.25, -0.2) is 8.42 Å². The zero-order valence-electron chi connectivity index (χ0n) is 23.0. The number of non-ortho nitro benzene ring substituents is 1. The molecule has 0 aromatic heterocycles. The second kappa shape index (κ2) is 13.2. The molecule has 1 N–H and O–H groups in total. The minimum atomic E-state index is -4.25. The van der Waals surface area contributed by atoms with Crippen molar-refractivity contribution in [1.29, 1.82) is 0 Å². The zero-order chi connectivity index (χ0) is 29.4. The summed E-state index contributed by atoms with van der Waals surface area (Å²) in [5, 5.41) is 14.0. The summed E-state index contributed by atoms with van der Waals surface area (Å²) < 4.78 is 28.4. The summed E-state index contributed by atoms with van der Waals surface area (Å²) in [6.07, 6.45) is 0. The van der Waals surface area contributed by atoms with E-state index in [2.05, 4.69) is 5.32 Å². The lowest BCUT2D eigenvalue weighted by atomic mass is 10.1. The number of aryl methyl sites for hydroxylation is 1. The van der Waals surface area contributed by atoms with Crippen molar-refractivity contribution in [2.45, 2.75) is 45.2 Å². The number of hydrogen-bond donors (Lipinski definition) is 1. The fraction of sp³-hybridized carbons (Fsp3) is 0.310. The summed E-state index contributed by atoms with van der Waals surface area (Å²) >= 11 is 0. The molecule has 0 fully saturated rings. The molecule has 0 aliphatic rings. The molecular formula is C29H34N4O6S. The van der Waals surface area contributed by atoms with Crippen LogP contribution in [0.3, 0.4) is 0 Å². The van der Waals surface area contributed by atoms with Crippen LogP contribution in [0.1, 0.15) is 31.9 Å². The quantitative estimate of drug-likeness (QED) is 0.257. The topological polar surface area (TPSA) is 130 Å². The molecule has 3 rings (SSSR count). The summed E-state index contributed by atoms with van der Waals surface area (Å²) in [5.41, 5.74) is 1.62. The number of carbonyl (C=O) groups is 2. The van der Waals surface area contributed by atoms with Crippen LogP contribution in [0.2, 0.25) is 0 Å². The highest BCUT2D eigenvalue weighted by molar-refractivity contribution is 7.92. The summed E-state index contributed by atoms with van der Waals surface area (Å²) in [7, 11) is -4.25. The number of anilines is 1. The number of sulfonamides is 1. The van der Waals surface area contributed by atoms with E-state index in [-0.39, 0.29) is 34.6 Å². The molecule has 2 amide bonds. The zero-order valence-corrected chi connectivity index (χ0v) is 23.8. The average molecular weight is 567 g/mol. The van der Waals surface area contributed by atoms with E-state index in [1.54, 1.807) is 25.1 Å². The van der Waals surface area contributed by atoms with Crippen molar-refractivity contribution < 1.29 is 22.9 Å². The van der Waals surface area contributed by atoms with Gasteiger partial charge in [0.05, 0.1) is 15.5 Å². The van der Waals surface area contributed by atoms with Gasteiger partial charge >= 0.3 is 0 Å². The van der Waals surface area contributed by atoms with Gasteiger partial charge < -0.3 is 10.2 Å². The number of hydrogen-bond acceptors (Lipinski definition) is 6. The molecule has 0 saturated carbocycles. The number of nitro benzene ring substituents is 1. The molecule has 0 aliphatic carbocycles. The molecule has 0 saturated heterocycles. The van der Waals surface area contributed by atoms with Gasteiger partial charge in [0.1, 0.15) is 12.6 Å². The third kappa shape index (κ3) is 7.66. The van der Waals surface area contributed by atoms with Gasteiger partial charge in [-0.2, -0.15) is 0 Å². The first-order chi connectivity index (χ1) is 18.9. The van der Waals surface area contributed by atoms with Crippen molar-refractivity contribution in [3.05, 3.63) is 100 Å². The number of nitro groups is 1. The lowest BCUT2D eigenvalue weighted by molar-refractivity contribution is -0.384. The highest BCUT2D eigenvalue weighted by Crippen LogP contribution is 2.26. The van der Waals surface area contributed by atoms with Gasteiger partial charge in [-0.15, -0.1) is 0 Å². The van der Waals surface area contributed by atoms with E-state index in [0.29, 0.717) is 6.54 Å². The van der Waals surface area contributed by atoms with E-state index in [4.69, 9.17) is 0 Å². The fourth-order valence-corrected chi connectivity index (χ4v) is 5.47. The van der Waals surface area contributed by atoms with E-state index < -0.39 is 33.4 Å². The van der Waals surface area contributed by atoms with Gasteiger partial charge in [0.15, 0.2) is 0 Å². The van der Waals surface area contributed by atoms with Crippen molar-refractivity contribution in [1.82, 2.24) is 10.2 Å². The van der Waals surface area contributed by atoms with E-state index in [9.17, 15) is 28.1 Å². The van der Waals surface area contributed by atoms with Crippen molar-refractivity contribution in [3.8, 4) is 0 Å². The van der Waals surface area contributed by atoms with Gasteiger partial charge in [0.25, 0.3) is 15.7 Å². The summed E-state index contributed by atoms with van der Waals surface area (Å²) in [5.74, 6) is -0.764. The number of carbonyl (C=O) groups excluding carboxylic acids is 2. The fourth-order valence-electron chi connectivity index (χ4n) is 4.03. The van der Waals surface area contributed by atoms with Crippen LogP contribution >= 0.6 is 0 Å². The molecule has 0 bridgehead atoms. The molecule has 0 unspecified atom stereocenters. The van der Waals surface area contributed by atoms with Crippen LogP contribution in [-0.2, 0) is 26.2 Å². The Morgan fingerprint density at radius 3 is 2.17 bits per heavy atom. The van der Waals surface area contributed by atoms with Gasteiger partial charge in [-0.05, 0) is 49.6 Å². The molecular weight excluding hydrogens is 532 g/mol. The lowest BCUT2D eigenvalue weighted by Crippen LogP contribution is -2.51. The van der Waals surface area contributed by atoms with Gasteiger partial charge in [0.2, 0.25) is 11.8 Å². The number of amides is 2. The van der Waals surface area contributed by atoms with Crippen LogP contribution < -0.4 is 9.62 Å². The van der Waals surface area contributed by atoms with Crippen LogP contribution in [0, 0.1) is 23.0 Å². The molecule has 3 aromatic carbocycles. The summed E-state index contributed by atoms with van der Waals surface area (Å²) in [6.45, 7) is 7.31. The first kappa shape index (κ1) is 30.3. The number of nitrogens with one attached hydrogen (secondary N) is 1. The Morgan fingerprint density at radius 1 is 0.950 bits per heavy atom. The first-order valence-electron chi connectivity index (χ1n) is 12.8. The van der Waals surface area contributed by atoms with Crippen LogP contribution in [-0.4, -0.2) is 49.2 Å². The Kier molecular flexibility index (Phi) is 10.0. The molecule has 3 aromatic rings. The maximum Gasteiger partial charge on any atom is 0.269 e. The number of benzene rings is 3. The van der Waals surface area contributed by atoms with Crippen LogP contribution in [0.4, 0.5) is 11.4 Å². The maximum atomic E-state index is 13.9. The highest BCUT2D eigenvalue weighted by atomic mass is 32.2. The molecule has 40 heavy (non-hydrogen) atoms. The number of rotatable bonds is 12. The second-order valence-corrected chi connectivity index (χ2v) is 11.8. The normalized spacial score (nSPS) is 12.0. The highest BCUT2D eigenvalue weighted by Gasteiger charge is 2.32. The molecule has 10 nitrogen and oxygen atoms in total. The smallest absolute Gasteiger partial charge is 0.269 e. The van der Waals surface area contributed by atoms with Crippen molar-refractivity contribution >= 4 is 33.2 Å². The predicted octanol–water partition coefficient (Wildman–Crippen LogP) is 4.29. The van der Waals surface area contributed by atoms with E-state index in [1.807, 2.05) is 45.0 Å². The Morgan fingerprint density at radius 2 is 1.60 bits per heavy atom. The maximum absolute atomic E-state index is 13.9. The number of nitrogens with zero attached hydrogens (tertiary/aromatic N) is 3. The molecule has 212 valence electrons. The molecule has 1 atom stereocenters. The van der Waals surface area contributed by atoms with E-state index >= 15 is 0 Å². The van der Waals surface area contributed by atoms with Crippen molar-refractivity contribution in [2.75, 3.05) is 17.4 Å². The minimum absolute atomic E-state index is 0.0471.